The number of nitrogens with one attached hydrogen (secondary N) is 1. The molecule has 0 aliphatic rings. The Morgan fingerprint density at radius 3 is 2.55 bits per heavy atom. The topological polar surface area (TPSA) is 69.2 Å². The zero-order valence-corrected chi connectivity index (χ0v) is 12.4. The molecule has 0 saturated heterocycles. The highest BCUT2D eigenvalue weighted by Crippen LogP contribution is 2.15. The minimum Gasteiger partial charge on any atom is -0.545 e. The number of benzene rings is 2. The fraction of sp³-hybridized carbons (Fsp3) is 0.125. The van der Waals surface area contributed by atoms with E-state index in [1.165, 1.54) is 48.2 Å². The number of amides is 1. The van der Waals surface area contributed by atoms with Gasteiger partial charge in [0.1, 0.15) is 5.82 Å². The minimum absolute atomic E-state index is 0.119. The Morgan fingerprint density at radius 2 is 1.86 bits per heavy atom. The molecule has 0 aromatic heterocycles. The van der Waals surface area contributed by atoms with Crippen LogP contribution in [0.4, 0.5) is 10.1 Å². The van der Waals surface area contributed by atoms with Crippen molar-refractivity contribution in [2.75, 3.05) is 11.1 Å². The number of hydrogen-bond acceptors (Lipinski definition) is 4. The van der Waals surface area contributed by atoms with Crippen LogP contribution in [0, 0.1) is 5.82 Å². The van der Waals surface area contributed by atoms with Crippen molar-refractivity contribution in [1.29, 1.82) is 0 Å². The van der Waals surface area contributed by atoms with Crippen LogP contribution in [0.3, 0.4) is 0 Å². The third-order valence-electron chi connectivity index (χ3n) is 2.79. The predicted octanol–water partition coefficient (Wildman–Crippen LogP) is 2.06. The summed E-state index contributed by atoms with van der Waals surface area (Å²) < 4.78 is 12.7. The Balaban J connectivity index is 1.80. The molecule has 6 heteroatoms. The number of carboxylic acids is 1. The SMILES string of the molecule is O=C(CSCc1cccc(C(=O)[O-])c1)Nc1ccc(F)cc1. The van der Waals surface area contributed by atoms with Crippen molar-refractivity contribution < 1.29 is 19.1 Å². The Hall–Kier alpha value is -2.34. The molecule has 1 N–H and O–H groups in total. The van der Waals surface area contributed by atoms with E-state index in [2.05, 4.69) is 5.32 Å². The molecule has 2 aromatic carbocycles. The van der Waals surface area contributed by atoms with E-state index < -0.39 is 5.97 Å². The van der Waals surface area contributed by atoms with Gasteiger partial charge in [0.2, 0.25) is 5.91 Å². The van der Waals surface area contributed by atoms with Crippen molar-refractivity contribution in [3.8, 4) is 0 Å². The summed E-state index contributed by atoms with van der Waals surface area (Å²) in [4.78, 5) is 22.5. The van der Waals surface area contributed by atoms with Crippen LogP contribution >= 0.6 is 11.8 Å². The van der Waals surface area contributed by atoms with Crippen LogP contribution in [-0.4, -0.2) is 17.6 Å². The second kappa shape index (κ2) is 7.61. The van der Waals surface area contributed by atoms with Crippen molar-refractivity contribution in [2.45, 2.75) is 5.75 Å². The minimum atomic E-state index is -1.22. The highest BCUT2D eigenvalue weighted by Gasteiger charge is 2.04. The number of carboxylic acid groups (broad SMARTS) is 1. The molecule has 22 heavy (non-hydrogen) atoms. The van der Waals surface area contributed by atoms with Crippen LogP contribution in [0.5, 0.6) is 0 Å². The van der Waals surface area contributed by atoms with Crippen molar-refractivity contribution >= 4 is 29.3 Å². The molecule has 0 heterocycles. The average Bonchev–Trinajstić information content (AvgIpc) is 2.50. The van der Waals surface area contributed by atoms with E-state index in [9.17, 15) is 19.1 Å². The first-order chi connectivity index (χ1) is 10.5. The predicted molar refractivity (Wildman–Crippen MR) is 82.0 cm³/mol. The molecule has 0 spiro atoms. The highest BCUT2D eigenvalue weighted by molar-refractivity contribution is 7.99. The molecule has 0 fully saturated rings. The summed E-state index contributed by atoms with van der Waals surface area (Å²) in [6.45, 7) is 0. The second-order valence-electron chi connectivity index (χ2n) is 4.54. The summed E-state index contributed by atoms with van der Waals surface area (Å²) in [5.41, 5.74) is 1.46. The third-order valence-corrected chi connectivity index (χ3v) is 3.80. The number of rotatable bonds is 6. The van der Waals surface area contributed by atoms with Gasteiger partial charge in [-0.2, -0.15) is 0 Å². The smallest absolute Gasteiger partial charge is 0.234 e. The molecule has 2 aromatic rings. The normalized spacial score (nSPS) is 10.2. The lowest BCUT2D eigenvalue weighted by Crippen LogP contribution is -2.22. The van der Waals surface area contributed by atoms with E-state index in [1.54, 1.807) is 12.1 Å². The maximum atomic E-state index is 12.7. The van der Waals surface area contributed by atoms with E-state index in [0.29, 0.717) is 11.4 Å². The van der Waals surface area contributed by atoms with Gasteiger partial charge in [-0.05, 0) is 41.5 Å². The highest BCUT2D eigenvalue weighted by atomic mass is 32.2. The van der Waals surface area contributed by atoms with Gasteiger partial charge in [0.15, 0.2) is 0 Å². The van der Waals surface area contributed by atoms with Crippen LogP contribution < -0.4 is 10.4 Å². The average molecular weight is 318 g/mol. The van der Waals surface area contributed by atoms with Gasteiger partial charge in [-0.15, -0.1) is 11.8 Å². The zero-order valence-electron chi connectivity index (χ0n) is 11.5. The van der Waals surface area contributed by atoms with Gasteiger partial charge in [-0.25, -0.2) is 4.39 Å². The van der Waals surface area contributed by atoms with Crippen molar-refractivity contribution in [2.24, 2.45) is 0 Å². The molecule has 4 nitrogen and oxygen atoms in total. The van der Waals surface area contributed by atoms with Crippen molar-refractivity contribution in [3.63, 3.8) is 0 Å². The van der Waals surface area contributed by atoms with Crippen LogP contribution in [0.15, 0.2) is 48.5 Å². The van der Waals surface area contributed by atoms with Crippen LogP contribution in [0.25, 0.3) is 0 Å². The lowest BCUT2D eigenvalue weighted by Gasteiger charge is -2.07. The van der Waals surface area contributed by atoms with Gasteiger partial charge < -0.3 is 15.2 Å². The Labute approximate surface area is 131 Å². The lowest BCUT2D eigenvalue weighted by molar-refractivity contribution is -0.255. The molecular weight excluding hydrogens is 305 g/mol. The first-order valence-corrected chi connectivity index (χ1v) is 7.63. The zero-order chi connectivity index (χ0) is 15.9. The molecule has 0 unspecified atom stereocenters. The number of carbonyl (C=O) groups is 2. The first kappa shape index (κ1) is 16.0. The molecule has 1 amide bonds. The van der Waals surface area contributed by atoms with E-state index >= 15 is 0 Å². The van der Waals surface area contributed by atoms with E-state index in [4.69, 9.17) is 0 Å². The summed E-state index contributed by atoms with van der Waals surface area (Å²) in [6, 6.07) is 11.9. The van der Waals surface area contributed by atoms with Gasteiger partial charge in [0.05, 0.1) is 11.7 Å². The number of hydrogen-bond donors (Lipinski definition) is 1. The standard InChI is InChI=1S/C16H14FNO3S/c17-13-4-6-14(7-5-13)18-15(19)10-22-9-11-2-1-3-12(8-11)16(20)21/h1-8H,9-10H2,(H,18,19)(H,20,21)/p-1. The fourth-order valence-corrected chi connectivity index (χ4v) is 2.55. The van der Waals surface area contributed by atoms with Gasteiger partial charge in [0.25, 0.3) is 0 Å². The first-order valence-electron chi connectivity index (χ1n) is 6.48. The Morgan fingerprint density at radius 1 is 1.14 bits per heavy atom. The van der Waals surface area contributed by atoms with Crippen LogP contribution in [-0.2, 0) is 10.5 Å². The summed E-state index contributed by atoms with van der Waals surface area (Å²) >= 11 is 1.36. The number of anilines is 1. The quantitative estimate of drug-likeness (QED) is 0.885. The maximum Gasteiger partial charge on any atom is 0.234 e. The Bertz CT molecular complexity index is 673. The third kappa shape index (κ3) is 4.89. The summed E-state index contributed by atoms with van der Waals surface area (Å²) in [7, 11) is 0. The molecule has 0 aliphatic heterocycles. The monoisotopic (exact) mass is 318 g/mol. The molecule has 0 atom stereocenters. The van der Waals surface area contributed by atoms with Gasteiger partial charge in [0, 0.05) is 11.4 Å². The van der Waals surface area contributed by atoms with Crippen LogP contribution in [0.2, 0.25) is 0 Å². The van der Waals surface area contributed by atoms with Crippen molar-refractivity contribution in [3.05, 3.63) is 65.5 Å². The number of aromatic carboxylic acids is 1. The number of carbonyl (C=O) groups excluding carboxylic acids is 2. The van der Waals surface area contributed by atoms with E-state index in [1.807, 2.05) is 0 Å². The van der Waals surface area contributed by atoms with Gasteiger partial charge in [-0.1, -0.05) is 18.2 Å². The van der Waals surface area contributed by atoms with Gasteiger partial charge >= 0.3 is 0 Å². The molecule has 114 valence electrons. The number of halogens is 1. The van der Waals surface area contributed by atoms with E-state index in [-0.39, 0.29) is 23.0 Å². The molecule has 0 radical (unpaired) electrons. The van der Waals surface area contributed by atoms with Crippen molar-refractivity contribution in [1.82, 2.24) is 0 Å². The Kier molecular flexibility index (Phi) is 5.55. The molecule has 0 bridgehead atoms. The fourth-order valence-electron chi connectivity index (χ4n) is 1.78. The lowest BCUT2D eigenvalue weighted by atomic mass is 10.1. The second-order valence-corrected chi connectivity index (χ2v) is 5.52. The summed E-state index contributed by atoms with van der Waals surface area (Å²) in [5.74, 6) is -1.06. The van der Waals surface area contributed by atoms with E-state index in [0.717, 1.165) is 5.56 Å². The summed E-state index contributed by atoms with van der Waals surface area (Å²) in [5, 5.41) is 13.4. The number of thioether (sulfide) groups is 1. The molecular formula is C16H13FNO3S-. The summed E-state index contributed by atoms with van der Waals surface area (Å²) in [6.07, 6.45) is 0. The largest absolute Gasteiger partial charge is 0.545 e. The van der Waals surface area contributed by atoms with Crippen LogP contribution in [0.1, 0.15) is 15.9 Å². The molecule has 2 rings (SSSR count). The molecule has 0 saturated carbocycles. The maximum absolute atomic E-state index is 12.7. The van der Waals surface area contributed by atoms with Gasteiger partial charge in [-0.3, -0.25) is 4.79 Å². The molecule has 0 aliphatic carbocycles.